The molecule has 1 N–H and O–H groups in total. The van der Waals surface area contributed by atoms with Gasteiger partial charge in [0.15, 0.2) is 0 Å². The summed E-state index contributed by atoms with van der Waals surface area (Å²) in [5, 5.41) is 9.53. The van der Waals surface area contributed by atoms with Crippen molar-refractivity contribution in [3.63, 3.8) is 0 Å². The SMILES string of the molecule is Cc1cc(OC(F)F)c(C(=O)N2CC(C(=O)O)C(c3ccccc3)C2)s1. The van der Waals surface area contributed by atoms with Gasteiger partial charge in [-0.25, -0.2) is 0 Å². The molecule has 0 saturated carbocycles. The van der Waals surface area contributed by atoms with Gasteiger partial charge in [0, 0.05) is 23.9 Å². The van der Waals surface area contributed by atoms with Crippen molar-refractivity contribution in [3.8, 4) is 5.75 Å². The zero-order chi connectivity index (χ0) is 18.8. The minimum atomic E-state index is -3.03. The first-order valence-corrected chi connectivity index (χ1v) is 8.80. The molecule has 0 radical (unpaired) electrons. The third-order valence-electron chi connectivity index (χ3n) is 4.38. The second-order valence-electron chi connectivity index (χ2n) is 6.10. The molecule has 0 bridgehead atoms. The van der Waals surface area contributed by atoms with E-state index < -0.39 is 24.4 Å². The van der Waals surface area contributed by atoms with Crippen molar-refractivity contribution in [1.29, 1.82) is 0 Å². The molecule has 138 valence electrons. The highest BCUT2D eigenvalue weighted by atomic mass is 32.1. The number of amides is 1. The third-order valence-corrected chi connectivity index (χ3v) is 5.40. The van der Waals surface area contributed by atoms with Crippen LogP contribution in [0, 0.1) is 12.8 Å². The van der Waals surface area contributed by atoms with Gasteiger partial charge in [-0.15, -0.1) is 11.3 Å². The van der Waals surface area contributed by atoms with E-state index in [1.807, 2.05) is 30.3 Å². The molecule has 2 atom stereocenters. The standard InChI is InChI=1S/C18H17F2NO4S/c1-10-7-14(25-18(19)20)15(26-10)16(22)21-8-12(13(9-21)17(23)24)11-5-3-2-4-6-11/h2-7,12-13,18H,8-9H2,1H3,(H,23,24). The molecule has 1 aromatic carbocycles. The van der Waals surface area contributed by atoms with Crippen LogP contribution in [0.15, 0.2) is 36.4 Å². The van der Waals surface area contributed by atoms with Crippen molar-refractivity contribution in [2.45, 2.75) is 19.5 Å². The second kappa shape index (κ2) is 7.41. The van der Waals surface area contributed by atoms with E-state index in [2.05, 4.69) is 4.74 Å². The summed E-state index contributed by atoms with van der Waals surface area (Å²) >= 11 is 1.06. The molecule has 1 aliphatic heterocycles. The van der Waals surface area contributed by atoms with E-state index in [4.69, 9.17) is 0 Å². The van der Waals surface area contributed by atoms with Crippen molar-refractivity contribution in [2.75, 3.05) is 13.1 Å². The quantitative estimate of drug-likeness (QED) is 0.859. The van der Waals surface area contributed by atoms with Crippen LogP contribution in [0.3, 0.4) is 0 Å². The van der Waals surface area contributed by atoms with E-state index in [9.17, 15) is 23.5 Å². The fraction of sp³-hybridized carbons (Fsp3) is 0.333. The van der Waals surface area contributed by atoms with E-state index in [-0.39, 0.29) is 29.6 Å². The highest BCUT2D eigenvalue weighted by molar-refractivity contribution is 7.14. The van der Waals surface area contributed by atoms with E-state index in [0.717, 1.165) is 16.9 Å². The average molecular weight is 381 g/mol. The van der Waals surface area contributed by atoms with Gasteiger partial charge >= 0.3 is 12.6 Å². The predicted molar refractivity (Wildman–Crippen MR) is 91.9 cm³/mol. The van der Waals surface area contributed by atoms with Crippen molar-refractivity contribution >= 4 is 23.2 Å². The number of thiophene rings is 1. The molecule has 0 aliphatic carbocycles. The predicted octanol–water partition coefficient (Wildman–Crippen LogP) is 3.60. The number of hydrogen-bond donors (Lipinski definition) is 1. The molecule has 1 amide bonds. The molecule has 2 aromatic rings. The van der Waals surface area contributed by atoms with Crippen LogP contribution < -0.4 is 4.74 Å². The molecule has 2 heterocycles. The normalized spacial score (nSPS) is 19.8. The lowest BCUT2D eigenvalue weighted by Gasteiger charge is -2.16. The van der Waals surface area contributed by atoms with Crippen molar-refractivity contribution in [2.24, 2.45) is 5.92 Å². The molecule has 0 spiro atoms. The summed E-state index contributed by atoms with van der Waals surface area (Å²) in [6.07, 6.45) is 0. The Morgan fingerprint density at radius 1 is 1.27 bits per heavy atom. The monoisotopic (exact) mass is 381 g/mol. The van der Waals surface area contributed by atoms with Gasteiger partial charge in [0.1, 0.15) is 10.6 Å². The Bertz CT molecular complexity index is 809. The Hall–Kier alpha value is -2.48. The number of carbonyl (C=O) groups is 2. The first kappa shape index (κ1) is 18.3. The molecule has 2 unspecified atom stereocenters. The molecule has 3 rings (SSSR count). The van der Waals surface area contributed by atoms with Crippen molar-refractivity contribution in [3.05, 3.63) is 51.7 Å². The number of nitrogens with zero attached hydrogens (tertiary/aromatic N) is 1. The van der Waals surface area contributed by atoms with Gasteiger partial charge in [-0.1, -0.05) is 30.3 Å². The number of aliphatic carboxylic acids is 1. The summed E-state index contributed by atoms with van der Waals surface area (Å²) in [6, 6.07) is 10.5. The number of rotatable bonds is 5. The Morgan fingerprint density at radius 3 is 2.58 bits per heavy atom. The van der Waals surface area contributed by atoms with Gasteiger partial charge in [-0.3, -0.25) is 9.59 Å². The maximum absolute atomic E-state index is 12.8. The third kappa shape index (κ3) is 3.70. The van der Waals surface area contributed by atoms with Crippen LogP contribution in [0.4, 0.5) is 8.78 Å². The summed E-state index contributed by atoms with van der Waals surface area (Å²) in [6.45, 7) is -1.10. The fourth-order valence-corrected chi connectivity index (χ4v) is 4.14. The zero-order valence-electron chi connectivity index (χ0n) is 13.9. The number of benzene rings is 1. The Balaban J connectivity index is 1.86. The van der Waals surface area contributed by atoms with Crippen LogP contribution in [0.25, 0.3) is 0 Å². The number of carbonyl (C=O) groups excluding carboxylic acids is 1. The number of aryl methyl sites for hydroxylation is 1. The Morgan fingerprint density at radius 2 is 1.96 bits per heavy atom. The summed E-state index contributed by atoms with van der Waals surface area (Å²) in [4.78, 5) is 26.6. The van der Waals surface area contributed by atoms with Crippen LogP contribution in [0.5, 0.6) is 5.75 Å². The van der Waals surface area contributed by atoms with Gasteiger partial charge in [0.2, 0.25) is 0 Å². The number of carboxylic acid groups (broad SMARTS) is 1. The maximum Gasteiger partial charge on any atom is 0.387 e. The van der Waals surface area contributed by atoms with Crippen LogP contribution in [0.2, 0.25) is 0 Å². The molecule has 1 fully saturated rings. The molecule has 1 aromatic heterocycles. The highest BCUT2D eigenvalue weighted by Crippen LogP contribution is 2.37. The van der Waals surface area contributed by atoms with Crippen LogP contribution in [0.1, 0.15) is 26.0 Å². The van der Waals surface area contributed by atoms with Gasteiger partial charge in [0.05, 0.1) is 5.92 Å². The topological polar surface area (TPSA) is 66.8 Å². The van der Waals surface area contributed by atoms with Crippen LogP contribution in [-0.4, -0.2) is 41.6 Å². The fourth-order valence-electron chi connectivity index (χ4n) is 3.22. The first-order chi connectivity index (χ1) is 12.4. The summed E-state index contributed by atoms with van der Waals surface area (Å²) in [5.41, 5.74) is 0.835. The van der Waals surface area contributed by atoms with Gasteiger partial charge < -0.3 is 14.7 Å². The number of carboxylic acids is 1. The molecule has 8 heteroatoms. The van der Waals surface area contributed by atoms with E-state index >= 15 is 0 Å². The molecule has 1 saturated heterocycles. The molecular weight excluding hydrogens is 364 g/mol. The van der Waals surface area contributed by atoms with E-state index in [0.29, 0.717) is 4.88 Å². The number of halogens is 2. The summed E-state index contributed by atoms with van der Waals surface area (Å²) < 4.78 is 29.6. The minimum absolute atomic E-state index is 0.0266. The zero-order valence-corrected chi connectivity index (χ0v) is 14.7. The van der Waals surface area contributed by atoms with Crippen molar-refractivity contribution < 1.29 is 28.2 Å². The van der Waals surface area contributed by atoms with Gasteiger partial charge in [-0.2, -0.15) is 8.78 Å². The Kier molecular flexibility index (Phi) is 5.22. The second-order valence-corrected chi connectivity index (χ2v) is 7.36. The lowest BCUT2D eigenvalue weighted by atomic mass is 9.89. The number of hydrogen-bond acceptors (Lipinski definition) is 4. The average Bonchev–Trinajstić information content (AvgIpc) is 3.18. The largest absolute Gasteiger partial charge is 0.481 e. The van der Waals surface area contributed by atoms with E-state index in [1.54, 1.807) is 6.92 Å². The Labute approximate surface area is 152 Å². The molecular formula is C18H17F2NO4S. The summed E-state index contributed by atoms with van der Waals surface area (Å²) in [7, 11) is 0. The van der Waals surface area contributed by atoms with E-state index in [1.165, 1.54) is 11.0 Å². The molecule has 5 nitrogen and oxygen atoms in total. The van der Waals surface area contributed by atoms with Gasteiger partial charge in [0.25, 0.3) is 5.91 Å². The maximum atomic E-state index is 12.8. The van der Waals surface area contributed by atoms with Crippen LogP contribution >= 0.6 is 11.3 Å². The number of alkyl halides is 2. The number of likely N-dealkylation sites (tertiary alicyclic amines) is 1. The van der Waals surface area contributed by atoms with Crippen molar-refractivity contribution in [1.82, 2.24) is 4.90 Å². The minimum Gasteiger partial charge on any atom is -0.481 e. The number of ether oxygens (including phenoxy) is 1. The lowest BCUT2D eigenvalue weighted by Crippen LogP contribution is -2.29. The van der Waals surface area contributed by atoms with Crippen LogP contribution in [-0.2, 0) is 4.79 Å². The lowest BCUT2D eigenvalue weighted by molar-refractivity contribution is -0.141. The van der Waals surface area contributed by atoms with Gasteiger partial charge in [-0.05, 0) is 18.6 Å². The first-order valence-electron chi connectivity index (χ1n) is 7.99. The molecule has 1 aliphatic rings. The molecule has 26 heavy (non-hydrogen) atoms. The smallest absolute Gasteiger partial charge is 0.387 e. The highest BCUT2D eigenvalue weighted by Gasteiger charge is 2.41. The summed E-state index contributed by atoms with van der Waals surface area (Å²) in [5.74, 6) is -2.73.